The summed E-state index contributed by atoms with van der Waals surface area (Å²) in [6, 6.07) is 6.17. The summed E-state index contributed by atoms with van der Waals surface area (Å²) >= 11 is 0. The molecule has 0 bridgehead atoms. The summed E-state index contributed by atoms with van der Waals surface area (Å²) in [5, 5.41) is 15.2. The molecule has 0 fully saturated rings. The number of benzene rings is 1. The molecule has 3 rings (SSSR count). The number of aryl methyl sites for hydroxylation is 3. The number of hydrogen-bond donors (Lipinski definition) is 3. The highest BCUT2D eigenvalue weighted by Gasteiger charge is 2.19. The molecule has 6 nitrogen and oxygen atoms in total. The van der Waals surface area contributed by atoms with Crippen molar-refractivity contribution >= 4 is 10.9 Å². The quantitative estimate of drug-likeness (QED) is 0.484. The molecule has 30 heavy (non-hydrogen) atoms. The molecule has 0 amide bonds. The van der Waals surface area contributed by atoms with Crippen molar-refractivity contribution in [2.45, 2.75) is 66.3 Å². The lowest BCUT2D eigenvalue weighted by Crippen LogP contribution is -2.27. The molecule has 1 atom stereocenters. The van der Waals surface area contributed by atoms with Gasteiger partial charge in [-0.05, 0) is 57.4 Å². The highest BCUT2D eigenvalue weighted by Crippen LogP contribution is 2.34. The van der Waals surface area contributed by atoms with E-state index in [-0.39, 0.29) is 18.1 Å². The first-order valence-corrected chi connectivity index (χ1v) is 10.6. The number of aliphatic hydroxyl groups is 1. The number of aliphatic hydroxyl groups excluding tert-OH is 1. The maximum Gasteiger partial charge on any atom is 0.252 e. The van der Waals surface area contributed by atoms with Crippen LogP contribution in [0.4, 0.5) is 0 Å². The van der Waals surface area contributed by atoms with Crippen molar-refractivity contribution < 1.29 is 9.84 Å². The second-order valence-electron chi connectivity index (χ2n) is 8.24. The van der Waals surface area contributed by atoms with Gasteiger partial charge in [0.15, 0.2) is 0 Å². The van der Waals surface area contributed by atoms with E-state index in [1.807, 2.05) is 32.0 Å². The molecule has 0 aliphatic heterocycles. The third-order valence-corrected chi connectivity index (χ3v) is 5.57. The Bertz CT molecular complexity index is 1100. The highest BCUT2D eigenvalue weighted by molar-refractivity contribution is 5.89. The molecule has 0 saturated heterocycles. The van der Waals surface area contributed by atoms with Crippen molar-refractivity contribution in [2.24, 2.45) is 0 Å². The van der Waals surface area contributed by atoms with Gasteiger partial charge in [0, 0.05) is 47.1 Å². The van der Waals surface area contributed by atoms with Crippen LogP contribution >= 0.6 is 0 Å². The number of methoxy groups -OCH3 is 1. The average Bonchev–Trinajstić information content (AvgIpc) is 3.03. The lowest BCUT2D eigenvalue weighted by molar-refractivity contribution is 0.138. The second-order valence-corrected chi connectivity index (χ2v) is 8.24. The Morgan fingerprint density at radius 3 is 2.60 bits per heavy atom. The van der Waals surface area contributed by atoms with Crippen LogP contribution in [0.1, 0.15) is 67.4 Å². The summed E-state index contributed by atoms with van der Waals surface area (Å²) in [4.78, 5) is 15.4. The first-order chi connectivity index (χ1) is 14.3. The number of nitrogens with zero attached hydrogens (tertiary/aromatic N) is 1. The summed E-state index contributed by atoms with van der Waals surface area (Å²) in [6.45, 7) is 10.6. The SMILES string of the molecule is CCCc1cc(C)[nH]c(=O)c1CNC(O)c1cc(OC)cc2c1c(C)cn2C(C)C. The van der Waals surface area contributed by atoms with E-state index in [2.05, 4.69) is 41.8 Å². The number of aromatic nitrogens is 2. The molecule has 6 heteroatoms. The standard InChI is InChI=1S/C24H33N3O3/c1-7-8-17-9-16(5)26-24(29)20(17)12-25-23(28)19-10-18(30-6)11-21-22(19)15(4)13-27(21)14(2)3/h9-11,13-14,23,25,28H,7-8,12H2,1-6H3,(H,26,29). The highest BCUT2D eigenvalue weighted by atomic mass is 16.5. The van der Waals surface area contributed by atoms with E-state index >= 15 is 0 Å². The van der Waals surface area contributed by atoms with Crippen LogP contribution in [0.3, 0.4) is 0 Å². The molecule has 3 N–H and O–H groups in total. The van der Waals surface area contributed by atoms with Gasteiger partial charge in [0.25, 0.3) is 5.56 Å². The fourth-order valence-corrected chi connectivity index (χ4v) is 4.14. The minimum Gasteiger partial charge on any atom is -0.497 e. The van der Waals surface area contributed by atoms with Crippen LogP contribution in [0.5, 0.6) is 5.75 Å². The van der Waals surface area contributed by atoms with Gasteiger partial charge in [-0.3, -0.25) is 10.1 Å². The monoisotopic (exact) mass is 411 g/mol. The predicted octanol–water partition coefficient (Wildman–Crippen LogP) is 4.27. The molecule has 0 spiro atoms. The van der Waals surface area contributed by atoms with E-state index in [9.17, 15) is 9.90 Å². The molecule has 0 saturated carbocycles. The Hall–Kier alpha value is -2.57. The van der Waals surface area contributed by atoms with Gasteiger partial charge in [-0.25, -0.2) is 0 Å². The number of H-pyrrole nitrogens is 1. The maximum atomic E-state index is 12.5. The zero-order chi connectivity index (χ0) is 22.0. The minimum atomic E-state index is -0.931. The minimum absolute atomic E-state index is 0.101. The first-order valence-electron chi connectivity index (χ1n) is 10.6. The van der Waals surface area contributed by atoms with Crippen LogP contribution in [0.25, 0.3) is 10.9 Å². The van der Waals surface area contributed by atoms with Crippen LogP contribution in [-0.4, -0.2) is 21.8 Å². The number of hydrogen-bond acceptors (Lipinski definition) is 4. The van der Waals surface area contributed by atoms with Crippen LogP contribution in [0.2, 0.25) is 0 Å². The molecule has 3 aromatic rings. The molecule has 0 aliphatic carbocycles. The van der Waals surface area contributed by atoms with Gasteiger partial charge in [0.2, 0.25) is 0 Å². The van der Waals surface area contributed by atoms with E-state index in [0.29, 0.717) is 11.3 Å². The Labute approximate surface area is 177 Å². The number of nitrogens with one attached hydrogen (secondary N) is 2. The van der Waals surface area contributed by atoms with Crippen molar-refractivity contribution in [3.05, 3.63) is 62.7 Å². The molecule has 0 radical (unpaired) electrons. The van der Waals surface area contributed by atoms with E-state index < -0.39 is 6.23 Å². The molecule has 1 aromatic carbocycles. The predicted molar refractivity (Wildman–Crippen MR) is 121 cm³/mol. The summed E-state index contributed by atoms with van der Waals surface area (Å²) in [6.07, 6.45) is 2.96. The Morgan fingerprint density at radius 1 is 1.23 bits per heavy atom. The second kappa shape index (κ2) is 9.06. The number of pyridine rings is 1. The van der Waals surface area contributed by atoms with Crippen molar-refractivity contribution in [3.8, 4) is 5.75 Å². The van der Waals surface area contributed by atoms with E-state index in [0.717, 1.165) is 46.1 Å². The van der Waals surface area contributed by atoms with Crippen LogP contribution < -0.4 is 15.6 Å². The Balaban J connectivity index is 1.99. The van der Waals surface area contributed by atoms with Crippen molar-refractivity contribution in [1.82, 2.24) is 14.9 Å². The van der Waals surface area contributed by atoms with Crippen LogP contribution in [0.15, 0.2) is 29.2 Å². The first kappa shape index (κ1) is 22.1. The van der Waals surface area contributed by atoms with Crippen molar-refractivity contribution in [1.29, 1.82) is 0 Å². The molecule has 2 aromatic heterocycles. The van der Waals surface area contributed by atoms with E-state index in [4.69, 9.17) is 4.74 Å². The molecule has 0 aliphatic rings. The van der Waals surface area contributed by atoms with Gasteiger partial charge in [-0.15, -0.1) is 0 Å². The van der Waals surface area contributed by atoms with Crippen LogP contribution in [0, 0.1) is 13.8 Å². The molecular weight excluding hydrogens is 378 g/mol. The normalized spacial score (nSPS) is 12.7. The third-order valence-electron chi connectivity index (χ3n) is 5.57. The van der Waals surface area contributed by atoms with Crippen molar-refractivity contribution in [2.75, 3.05) is 7.11 Å². The topological polar surface area (TPSA) is 79.3 Å². The number of aromatic amines is 1. The van der Waals surface area contributed by atoms with Gasteiger partial charge < -0.3 is 19.4 Å². The summed E-state index contributed by atoms with van der Waals surface area (Å²) < 4.78 is 7.68. The molecule has 2 heterocycles. The maximum absolute atomic E-state index is 12.5. The zero-order valence-electron chi connectivity index (χ0n) is 18.8. The number of rotatable bonds is 8. The van der Waals surface area contributed by atoms with Gasteiger partial charge in [-0.2, -0.15) is 0 Å². The lowest BCUT2D eigenvalue weighted by atomic mass is 10.0. The summed E-state index contributed by atoms with van der Waals surface area (Å²) in [5.74, 6) is 0.693. The lowest BCUT2D eigenvalue weighted by Gasteiger charge is -2.18. The smallest absolute Gasteiger partial charge is 0.252 e. The zero-order valence-corrected chi connectivity index (χ0v) is 18.8. The van der Waals surface area contributed by atoms with Gasteiger partial charge in [0.05, 0.1) is 12.6 Å². The van der Waals surface area contributed by atoms with Crippen molar-refractivity contribution in [3.63, 3.8) is 0 Å². The van der Waals surface area contributed by atoms with E-state index in [1.165, 1.54) is 0 Å². The van der Waals surface area contributed by atoms with Gasteiger partial charge in [-0.1, -0.05) is 13.3 Å². The fraction of sp³-hybridized carbons (Fsp3) is 0.458. The van der Waals surface area contributed by atoms with Crippen LogP contribution in [-0.2, 0) is 13.0 Å². The fourth-order valence-electron chi connectivity index (χ4n) is 4.14. The average molecular weight is 412 g/mol. The summed E-state index contributed by atoms with van der Waals surface area (Å²) in [5.41, 5.74) is 5.33. The number of fused-ring (bicyclic) bond motifs is 1. The third kappa shape index (κ3) is 4.30. The molecular formula is C24H33N3O3. The van der Waals surface area contributed by atoms with E-state index in [1.54, 1.807) is 7.11 Å². The Morgan fingerprint density at radius 2 is 1.97 bits per heavy atom. The molecule has 162 valence electrons. The van der Waals surface area contributed by atoms with Gasteiger partial charge in [0.1, 0.15) is 12.0 Å². The Kier molecular flexibility index (Phi) is 6.68. The molecule has 1 unspecified atom stereocenters. The van der Waals surface area contributed by atoms with Gasteiger partial charge >= 0.3 is 0 Å². The summed E-state index contributed by atoms with van der Waals surface area (Å²) in [7, 11) is 1.63. The largest absolute Gasteiger partial charge is 0.497 e. The number of ether oxygens (including phenoxy) is 1.